The Balaban J connectivity index is 2.03. The minimum atomic E-state index is -0.472. The first-order chi connectivity index (χ1) is 12.2. The van der Waals surface area contributed by atoms with Gasteiger partial charge < -0.3 is 0 Å². The molecule has 0 radical (unpaired) electrons. The lowest BCUT2D eigenvalue weighted by Gasteiger charge is -2.25. The number of anilines is 2. The normalized spacial score (nSPS) is 10.1. The summed E-state index contributed by atoms with van der Waals surface area (Å²) in [6.07, 6.45) is 0. The molecule has 0 bridgehead atoms. The lowest BCUT2D eigenvalue weighted by atomic mass is 10.2. The number of hydrogen-bond donors (Lipinski definition) is 1. The van der Waals surface area contributed by atoms with E-state index in [4.69, 9.17) is 0 Å². The molecule has 124 valence electrons. The van der Waals surface area contributed by atoms with E-state index in [1.54, 1.807) is 66.7 Å². The van der Waals surface area contributed by atoms with Crippen molar-refractivity contribution in [2.75, 3.05) is 5.01 Å². The fraction of sp³-hybridized carbons (Fsp3) is 0. The average molecular weight is 333 g/mol. The van der Waals surface area contributed by atoms with Gasteiger partial charge in [0.15, 0.2) is 0 Å². The van der Waals surface area contributed by atoms with Gasteiger partial charge in [0.25, 0.3) is 11.6 Å². The molecule has 3 rings (SSSR count). The fourth-order valence-electron chi connectivity index (χ4n) is 2.40. The van der Waals surface area contributed by atoms with Crippen LogP contribution in [0.3, 0.4) is 0 Å². The number of nitro benzene ring substituents is 1. The summed E-state index contributed by atoms with van der Waals surface area (Å²) in [6.45, 7) is 0. The zero-order chi connectivity index (χ0) is 17.6. The molecule has 0 unspecified atom stereocenters. The van der Waals surface area contributed by atoms with Gasteiger partial charge in [0.05, 0.1) is 10.6 Å². The molecule has 3 aromatic rings. The molecule has 0 aromatic heterocycles. The van der Waals surface area contributed by atoms with Crippen molar-refractivity contribution in [2.24, 2.45) is 0 Å². The summed E-state index contributed by atoms with van der Waals surface area (Å²) in [5, 5.41) is 12.8. The quantitative estimate of drug-likeness (QED) is 0.564. The van der Waals surface area contributed by atoms with Crippen LogP contribution in [0.4, 0.5) is 17.1 Å². The second-order valence-corrected chi connectivity index (χ2v) is 5.22. The summed E-state index contributed by atoms with van der Waals surface area (Å²) < 4.78 is 0. The van der Waals surface area contributed by atoms with Crippen molar-refractivity contribution in [3.63, 3.8) is 0 Å². The predicted octanol–water partition coefficient (Wildman–Crippen LogP) is 4.08. The van der Waals surface area contributed by atoms with Gasteiger partial charge in [0.1, 0.15) is 5.69 Å². The Morgan fingerprint density at radius 1 is 0.840 bits per heavy atom. The third kappa shape index (κ3) is 3.64. The number of benzene rings is 3. The molecule has 6 nitrogen and oxygen atoms in total. The summed E-state index contributed by atoms with van der Waals surface area (Å²) >= 11 is 0. The second-order valence-electron chi connectivity index (χ2n) is 5.22. The summed E-state index contributed by atoms with van der Waals surface area (Å²) in [4.78, 5) is 23.5. The third-order valence-corrected chi connectivity index (χ3v) is 3.58. The maximum atomic E-state index is 12.6. The molecular formula is C19H15N3O3. The van der Waals surface area contributed by atoms with Crippen molar-refractivity contribution in [3.05, 3.63) is 101 Å². The van der Waals surface area contributed by atoms with E-state index in [0.717, 1.165) is 0 Å². The first-order valence-electron chi connectivity index (χ1n) is 7.61. The van der Waals surface area contributed by atoms with Crippen molar-refractivity contribution in [2.45, 2.75) is 0 Å². The van der Waals surface area contributed by atoms with E-state index in [0.29, 0.717) is 11.3 Å². The molecule has 0 saturated carbocycles. The van der Waals surface area contributed by atoms with E-state index < -0.39 is 4.92 Å². The Morgan fingerprint density at radius 3 is 2.04 bits per heavy atom. The molecular weight excluding hydrogens is 318 g/mol. The minimum Gasteiger partial charge on any atom is -0.267 e. The summed E-state index contributed by atoms with van der Waals surface area (Å²) in [7, 11) is 0. The van der Waals surface area contributed by atoms with Gasteiger partial charge in [-0.05, 0) is 30.3 Å². The van der Waals surface area contributed by atoms with Crippen molar-refractivity contribution in [3.8, 4) is 0 Å². The summed E-state index contributed by atoms with van der Waals surface area (Å²) in [6, 6.07) is 23.9. The van der Waals surface area contributed by atoms with Gasteiger partial charge in [-0.2, -0.15) is 0 Å². The topological polar surface area (TPSA) is 75.5 Å². The number of nitrogens with one attached hydrogen (secondary N) is 1. The predicted molar refractivity (Wildman–Crippen MR) is 95.6 cm³/mol. The van der Waals surface area contributed by atoms with E-state index in [2.05, 4.69) is 5.43 Å². The Kier molecular flexibility index (Phi) is 4.71. The van der Waals surface area contributed by atoms with E-state index in [1.807, 2.05) is 12.1 Å². The van der Waals surface area contributed by atoms with Crippen LogP contribution in [0, 0.1) is 10.1 Å². The number of amides is 1. The number of rotatable bonds is 5. The van der Waals surface area contributed by atoms with Crippen LogP contribution in [0.2, 0.25) is 0 Å². The Morgan fingerprint density at radius 2 is 1.40 bits per heavy atom. The number of carbonyl (C=O) groups is 1. The Bertz CT molecular complexity index is 883. The first-order valence-corrected chi connectivity index (χ1v) is 7.61. The molecule has 0 aliphatic rings. The zero-order valence-corrected chi connectivity index (χ0v) is 13.2. The second kappa shape index (κ2) is 7.27. The number of hydrazine groups is 1. The van der Waals surface area contributed by atoms with Crippen molar-refractivity contribution in [1.29, 1.82) is 0 Å². The number of para-hydroxylation sites is 3. The first kappa shape index (κ1) is 16.2. The van der Waals surface area contributed by atoms with Crippen molar-refractivity contribution < 1.29 is 9.72 Å². The van der Waals surface area contributed by atoms with E-state index in [9.17, 15) is 14.9 Å². The largest absolute Gasteiger partial charge is 0.294 e. The van der Waals surface area contributed by atoms with Crippen LogP contribution in [0.1, 0.15) is 10.4 Å². The highest BCUT2D eigenvalue weighted by Crippen LogP contribution is 2.31. The highest BCUT2D eigenvalue weighted by molar-refractivity contribution is 5.96. The maximum absolute atomic E-state index is 12.6. The molecule has 0 aliphatic carbocycles. The van der Waals surface area contributed by atoms with Crippen LogP contribution in [0.5, 0.6) is 0 Å². The molecule has 3 aromatic carbocycles. The van der Waals surface area contributed by atoms with Crippen molar-refractivity contribution in [1.82, 2.24) is 5.43 Å². The van der Waals surface area contributed by atoms with Gasteiger partial charge in [0.2, 0.25) is 0 Å². The van der Waals surface area contributed by atoms with Crippen molar-refractivity contribution >= 4 is 23.0 Å². The molecule has 0 saturated heterocycles. The molecule has 0 heterocycles. The molecule has 0 atom stereocenters. The highest BCUT2D eigenvalue weighted by atomic mass is 16.6. The lowest BCUT2D eigenvalue weighted by molar-refractivity contribution is -0.384. The zero-order valence-electron chi connectivity index (χ0n) is 13.2. The average Bonchev–Trinajstić information content (AvgIpc) is 2.67. The molecule has 1 N–H and O–H groups in total. The molecule has 25 heavy (non-hydrogen) atoms. The van der Waals surface area contributed by atoms with Crippen LogP contribution in [-0.2, 0) is 0 Å². The summed E-state index contributed by atoms with van der Waals surface area (Å²) in [5.74, 6) is -0.359. The Hall–Kier alpha value is -3.67. The molecule has 6 heteroatoms. The van der Waals surface area contributed by atoms with Crippen LogP contribution in [0.25, 0.3) is 0 Å². The van der Waals surface area contributed by atoms with Gasteiger partial charge in [0, 0.05) is 11.6 Å². The van der Waals surface area contributed by atoms with Crippen LogP contribution in [0.15, 0.2) is 84.9 Å². The monoisotopic (exact) mass is 333 g/mol. The number of carbonyl (C=O) groups excluding carboxylic acids is 1. The number of hydrogen-bond acceptors (Lipinski definition) is 4. The van der Waals surface area contributed by atoms with Gasteiger partial charge in [-0.15, -0.1) is 0 Å². The molecule has 1 amide bonds. The SMILES string of the molecule is O=C(NN(c1ccccc1)c1ccccc1[N+](=O)[O-])c1ccccc1. The third-order valence-electron chi connectivity index (χ3n) is 3.58. The smallest absolute Gasteiger partial charge is 0.267 e. The van der Waals surface area contributed by atoms with E-state index in [-0.39, 0.29) is 17.3 Å². The Labute approximate surface area is 144 Å². The van der Waals surface area contributed by atoms with E-state index >= 15 is 0 Å². The van der Waals surface area contributed by atoms with Gasteiger partial charge in [-0.1, -0.05) is 48.5 Å². The van der Waals surface area contributed by atoms with E-state index in [1.165, 1.54) is 11.1 Å². The summed E-state index contributed by atoms with van der Waals surface area (Å²) in [5.41, 5.74) is 4.01. The highest BCUT2D eigenvalue weighted by Gasteiger charge is 2.22. The van der Waals surface area contributed by atoms with Crippen LogP contribution < -0.4 is 10.4 Å². The van der Waals surface area contributed by atoms with Gasteiger partial charge in [-0.25, -0.2) is 5.01 Å². The lowest BCUT2D eigenvalue weighted by Crippen LogP contribution is -2.39. The standard InChI is InChI=1S/C19H15N3O3/c23-19(15-9-3-1-4-10-15)20-21(16-11-5-2-6-12-16)17-13-7-8-14-18(17)22(24)25/h1-14H,(H,20,23). The van der Waals surface area contributed by atoms with Gasteiger partial charge in [-0.3, -0.25) is 20.3 Å². The maximum Gasteiger partial charge on any atom is 0.294 e. The number of nitro groups is 1. The number of nitrogens with zero attached hydrogens (tertiary/aromatic N) is 2. The van der Waals surface area contributed by atoms with Crippen LogP contribution >= 0.6 is 0 Å². The minimum absolute atomic E-state index is 0.0975. The van der Waals surface area contributed by atoms with Gasteiger partial charge >= 0.3 is 0 Å². The fourth-order valence-corrected chi connectivity index (χ4v) is 2.40. The molecule has 0 spiro atoms. The molecule has 0 fully saturated rings. The van der Waals surface area contributed by atoms with Crippen LogP contribution in [-0.4, -0.2) is 10.8 Å². The molecule has 0 aliphatic heterocycles.